The fourth-order valence-electron chi connectivity index (χ4n) is 1.92. The number of amides is 1. The molecule has 4 nitrogen and oxygen atoms in total. The predicted octanol–water partition coefficient (Wildman–Crippen LogP) is 1.87. The molecule has 0 aliphatic carbocycles. The van der Waals surface area contributed by atoms with Crippen molar-refractivity contribution >= 4 is 5.91 Å². The van der Waals surface area contributed by atoms with Crippen LogP contribution in [-0.2, 0) is 6.42 Å². The Hall–Kier alpha value is -2.43. The number of carbonyl (C=O) groups is 1. The third-order valence-electron chi connectivity index (χ3n) is 2.90. The van der Waals surface area contributed by atoms with Crippen molar-refractivity contribution in [1.29, 1.82) is 0 Å². The minimum atomic E-state index is -0.415. The number of nitrogens with one attached hydrogen (secondary N) is 2. The summed E-state index contributed by atoms with van der Waals surface area (Å²) in [5.74, 6) is -0.706. The van der Waals surface area contributed by atoms with E-state index < -0.39 is 5.91 Å². The van der Waals surface area contributed by atoms with Crippen LogP contribution in [0.3, 0.4) is 0 Å². The molecule has 0 aliphatic heterocycles. The van der Waals surface area contributed by atoms with E-state index in [1.165, 1.54) is 30.6 Å². The molecule has 1 heterocycles. The lowest BCUT2D eigenvalue weighted by Crippen LogP contribution is -2.36. The number of pyridine rings is 1. The van der Waals surface area contributed by atoms with Crippen LogP contribution < -0.4 is 10.7 Å². The Morgan fingerprint density at radius 2 is 2.00 bits per heavy atom. The van der Waals surface area contributed by atoms with Crippen molar-refractivity contribution in [2.75, 3.05) is 0 Å². The summed E-state index contributed by atoms with van der Waals surface area (Å²) in [6, 6.07) is 7.25. The molecule has 0 saturated heterocycles. The topological polar surface area (TPSA) is 62.0 Å². The first-order chi connectivity index (χ1) is 9.56. The van der Waals surface area contributed by atoms with Gasteiger partial charge in [0.25, 0.3) is 5.91 Å². The third kappa shape index (κ3) is 3.54. The normalized spacial score (nSPS) is 11.9. The SMILES string of the molecule is CC(Cc1ccc(F)cc1)NC(=O)c1c[nH]ccc1=O. The second-order valence-electron chi connectivity index (χ2n) is 4.63. The van der Waals surface area contributed by atoms with E-state index in [-0.39, 0.29) is 22.9 Å². The van der Waals surface area contributed by atoms with Gasteiger partial charge in [-0.1, -0.05) is 12.1 Å². The standard InChI is InChI=1S/C15H15FN2O2/c1-10(8-11-2-4-12(16)5-3-11)18-15(20)13-9-17-7-6-14(13)19/h2-7,9-10H,8H2,1H3,(H,17,19)(H,18,20). The highest BCUT2D eigenvalue weighted by Gasteiger charge is 2.12. The first-order valence-electron chi connectivity index (χ1n) is 6.28. The number of hydrogen-bond acceptors (Lipinski definition) is 2. The van der Waals surface area contributed by atoms with Gasteiger partial charge < -0.3 is 10.3 Å². The molecule has 2 aromatic rings. The lowest BCUT2D eigenvalue weighted by atomic mass is 10.1. The highest BCUT2D eigenvalue weighted by atomic mass is 19.1. The second kappa shape index (κ2) is 6.14. The number of rotatable bonds is 4. The Morgan fingerprint density at radius 1 is 1.30 bits per heavy atom. The zero-order valence-electron chi connectivity index (χ0n) is 11.0. The maximum atomic E-state index is 12.8. The van der Waals surface area contributed by atoms with Crippen LogP contribution >= 0.6 is 0 Å². The van der Waals surface area contributed by atoms with E-state index in [1.54, 1.807) is 12.1 Å². The predicted molar refractivity (Wildman–Crippen MR) is 74.1 cm³/mol. The Labute approximate surface area is 115 Å². The van der Waals surface area contributed by atoms with Crippen molar-refractivity contribution in [3.8, 4) is 0 Å². The molecule has 1 aromatic carbocycles. The molecule has 0 fully saturated rings. The smallest absolute Gasteiger partial charge is 0.256 e. The molecule has 20 heavy (non-hydrogen) atoms. The fraction of sp³-hybridized carbons (Fsp3) is 0.200. The summed E-state index contributed by atoms with van der Waals surface area (Å²) in [5.41, 5.74) is 0.676. The van der Waals surface area contributed by atoms with Gasteiger partial charge in [0, 0.05) is 24.5 Å². The van der Waals surface area contributed by atoms with Gasteiger partial charge in [-0.25, -0.2) is 4.39 Å². The van der Waals surface area contributed by atoms with Crippen LogP contribution in [0.4, 0.5) is 4.39 Å². The molecule has 1 atom stereocenters. The monoisotopic (exact) mass is 274 g/mol. The molecule has 104 valence electrons. The number of benzene rings is 1. The molecule has 1 unspecified atom stereocenters. The van der Waals surface area contributed by atoms with E-state index in [4.69, 9.17) is 0 Å². The molecule has 1 aromatic heterocycles. The van der Waals surface area contributed by atoms with E-state index in [0.717, 1.165) is 5.56 Å². The maximum Gasteiger partial charge on any atom is 0.256 e. The molecule has 2 rings (SSSR count). The van der Waals surface area contributed by atoms with E-state index in [9.17, 15) is 14.0 Å². The van der Waals surface area contributed by atoms with Crippen LogP contribution in [0.5, 0.6) is 0 Å². The second-order valence-corrected chi connectivity index (χ2v) is 4.63. The third-order valence-corrected chi connectivity index (χ3v) is 2.90. The van der Waals surface area contributed by atoms with Gasteiger partial charge in [-0.3, -0.25) is 9.59 Å². The number of aromatic nitrogens is 1. The van der Waals surface area contributed by atoms with Crippen LogP contribution in [0.1, 0.15) is 22.8 Å². The summed E-state index contributed by atoms with van der Waals surface area (Å²) in [4.78, 5) is 26.2. The summed E-state index contributed by atoms with van der Waals surface area (Å²) in [6.45, 7) is 1.83. The summed E-state index contributed by atoms with van der Waals surface area (Å²) >= 11 is 0. The highest BCUT2D eigenvalue weighted by molar-refractivity contribution is 5.93. The van der Waals surface area contributed by atoms with Gasteiger partial charge >= 0.3 is 0 Å². The average Bonchev–Trinajstić information content (AvgIpc) is 2.41. The summed E-state index contributed by atoms with van der Waals surface area (Å²) < 4.78 is 12.8. The van der Waals surface area contributed by atoms with E-state index in [0.29, 0.717) is 6.42 Å². The van der Waals surface area contributed by atoms with E-state index in [2.05, 4.69) is 10.3 Å². The minimum absolute atomic E-state index is 0.0819. The zero-order valence-corrected chi connectivity index (χ0v) is 11.0. The van der Waals surface area contributed by atoms with Crippen molar-refractivity contribution in [3.63, 3.8) is 0 Å². The molecule has 0 radical (unpaired) electrons. The van der Waals surface area contributed by atoms with Gasteiger partial charge in [-0.15, -0.1) is 0 Å². The van der Waals surface area contributed by atoms with E-state index >= 15 is 0 Å². The summed E-state index contributed by atoms with van der Waals surface area (Å²) in [6.07, 6.45) is 3.42. The fourth-order valence-corrected chi connectivity index (χ4v) is 1.92. The Kier molecular flexibility index (Phi) is 4.30. The van der Waals surface area contributed by atoms with Crippen LogP contribution in [0.25, 0.3) is 0 Å². The Balaban J connectivity index is 1.99. The molecule has 5 heteroatoms. The van der Waals surface area contributed by atoms with Gasteiger partial charge in [0.05, 0.1) is 0 Å². The number of H-pyrrole nitrogens is 1. The highest BCUT2D eigenvalue weighted by Crippen LogP contribution is 2.06. The quantitative estimate of drug-likeness (QED) is 0.894. The molecular formula is C15H15FN2O2. The van der Waals surface area contributed by atoms with Crippen molar-refractivity contribution in [3.05, 3.63) is 69.9 Å². The number of aromatic amines is 1. The van der Waals surface area contributed by atoms with Crippen LogP contribution in [-0.4, -0.2) is 16.9 Å². The molecule has 2 N–H and O–H groups in total. The average molecular weight is 274 g/mol. The summed E-state index contributed by atoms with van der Waals surface area (Å²) in [7, 11) is 0. The molecular weight excluding hydrogens is 259 g/mol. The van der Waals surface area contributed by atoms with Gasteiger partial charge in [-0.2, -0.15) is 0 Å². The molecule has 0 spiro atoms. The van der Waals surface area contributed by atoms with E-state index in [1.807, 2.05) is 6.92 Å². The van der Waals surface area contributed by atoms with Gasteiger partial charge in [0.2, 0.25) is 0 Å². The van der Waals surface area contributed by atoms with Crippen molar-refractivity contribution in [2.45, 2.75) is 19.4 Å². The first-order valence-corrected chi connectivity index (χ1v) is 6.28. The maximum absolute atomic E-state index is 12.8. The van der Waals surface area contributed by atoms with Gasteiger partial charge in [0.15, 0.2) is 5.43 Å². The van der Waals surface area contributed by atoms with Crippen molar-refractivity contribution in [2.24, 2.45) is 0 Å². The van der Waals surface area contributed by atoms with Crippen LogP contribution in [0.15, 0.2) is 47.5 Å². The zero-order chi connectivity index (χ0) is 14.5. The van der Waals surface area contributed by atoms with Crippen LogP contribution in [0.2, 0.25) is 0 Å². The number of halogens is 1. The van der Waals surface area contributed by atoms with Crippen LogP contribution in [0, 0.1) is 5.82 Å². The molecule has 0 saturated carbocycles. The largest absolute Gasteiger partial charge is 0.367 e. The first kappa shape index (κ1) is 14.0. The minimum Gasteiger partial charge on any atom is -0.367 e. The van der Waals surface area contributed by atoms with Gasteiger partial charge in [0.1, 0.15) is 11.4 Å². The lowest BCUT2D eigenvalue weighted by Gasteiger charge is -2.13. The number of carbonyl (C=O) groups excluding carboxylic acids is 1. The number of hydrogen-bond donors (Lipinski definition) is 2. The van der Waals surface area contributed by atoms with Crippen molar-refractivity contribution in [1.82, 2.24) is 10.3 Å². The summed E-state index contributed by atoms with van der Waals surface area (Å²) in [5, 5.41) is 2.75. The lowest BCUT2D eigenvalue weighted by molar-refractivity contribution is 0.0938. The molecule has 0 aliphatic rings. The molecule has 0 bridgehead atoms. The molecule has 1 amide bonds. The Bertz CT molecular complexity index is 649. The van der Waals surface area contributed by atoms with Crippen molar-refractivity contribution < 1.29 is 9.18 Å². The Morgan fingerprint density at radius 3 is 2.65 bits per heavy atom. The van der Waals surface area contributed by atoms with Gasteiger partial charge in [-0.05, 0) is 31.0 Å².